The molecule has 0 fully saturated rings. The molecule has 0 amide bonds. The van der Waals surface area contributed by atoms with Gasteiger partial charge in [0.15, 0.2) is 0 Å². The van der Waals surface area contributed by atoms with E-state index in [2.05, 4.69) is 34.6 Å². The third-order valence-electron chi connectivity index (χ3n) is 2.25. The second-order valence-corrected chi connectivity index (χ2v) is 5.07. The van der Waals surface area contributed by atoms with Crippen molar-refractivity contribution in [2.45, 2.75) is 59.4 Å². The zero-order valence-electron chi connectivity index (χ0n) is 8.70. The van der Waals surface area contributed by atoms with E-state index in [1.54, 1.807) is 0 Å². The molecule has 0 aromatic carbocycles. The predicted molar refractivity (Wildman–Crippen MR) is 51.6 cm³/mol. The third-order valence-corrected chi connectivity index (χ3v) is 2.25. The lowest BCUT2D eigenvalue weighted by Gasteiger charge is -2.27. The SMILES string of the molecule is CCC(C)(N)CCC(C)(C)C. The Morgan fingerprint density at radius 2 is 1.45 bits per heavy atom. The van der Waals surface area contributed by atoms with Gasteiger partial charge in [-0.2, -0.15) is 0 Å². The van der Waals surface area contributed by atoms with Gasteiger partial charge in [0.25, 0.3) is 0 Å². The van der Waals surface area contributed by atoms with E-state index in [0.717, 1.165) is 12.8 Å². The van der Waals surface area contributed by atoms with E-state index in [0.29, 0.717) is 5.41 Å². The summed E-state index contributed by atoms with van der Waals surface area (Å²) in [6.45, 7) is 11.1. The molecule has 0 rings (SSSR count). The molecule has 1 heteroatoms. The van der Waals surface area contributed by atoms with Crippen LogP contribution in [0.2, 0.25) is 0 Å². The molecule has 0 saturated carbocycles. The summed E-state index contributed by atoms with van der Waals surface area (Å²) in [5.74, 6) is 0. The minimum absolute atomic E-state index is 0.0489. The van der Waals surface area contributed by atoms with Crippen molar-refractivity contribution in [3.05, 3.63) is 0 Å². The summed E-state index contributed by atoms with van der Waals surface area (Å²) >= 11 is 0. The van der Waals surface area contributed by atoms with Crippen molar-refractivity contribution in [2.75, 3.05) is 0 Å². The highest BCUT2D eigenvalue weighted by Crippen LogP contribution is 2.25. The molecule has 0 bridgehead atoms. The zero-order chi connectivity index (χ0) is 9.12. The van der Waals surface area contributed by atoms with Crippen LogP contribution in [0.25, 0.3) is 0 Å². The highest BCUT2D eigenvalue weighted by molar-refractivity contribution is 4.78. The molecule has 0 aliphatic carbocycles. The third kappa shape index (κ3) is 6.36. The van der Waals surface area contributed by atoms with Crippen LogP contribution in [-0.2, 0) is 0 Å². The summed E-state index contributed by atoms with van der Waals surface area (Å²) in [4.78, 5) is 0. The van der Waals surface area contributed by atoms with Crippen LogP contribution < -0.4 is 5.73 Å². The van der Waals surface area contributed by atoms with E-state index in [4.69, 9.17) is 5.73 Å². The summed E-state index contributed by atoms with van der Waals surface area (Å²) in [5, 5.41) is 0. The minimum atomic E-state index is 0.0489. The van der Waals surface area contributed by atoms with Crippen molar-refractivity contribution < 1.29 is 0 Å². The maximum atomic E-state index is 6.02. The Morgan fingerprint density at radius 3 is 1.73 bits per heavy atom. The second-order valence-electron chi connectivity index (χ2n) is 5.07. The number of hydrogen-bond donors (Lipinski definition) is 1. The van der Waals surface area contributed by atoms with E-state index in [1.165, 1.54) is 6.42 Å². The molecule has 0 aromatic heterocycles. The molecule has 0 heterocycles. The van der Waals surface area contributed by atoms with Gasteiger partial charge in [0.1, 0.15) is 0 Å². The molecule has 1 nitrogen and oxygen atoms in total. The minimum Gasteiger partial charge on any atom is -0.325 e. The summed E-state index contributed by atoms with van der Waals surface area (Å²) in [6.07, 6.45) is 3.42. The van der Waals surface area contributed by atoms with Gasteiger partial charge in [-0.25, -0.2) is 0 Å². The first-order valence-electron chi connectivity index (χ1n) is 4.56. The largest absolute Gasteiger partial charge is 0.325 e. The highest BCUT2D eigenvalue weighted by Gasteiger charge is 2.19. The van der Waals surface area contributed by atoms with Gasteiger partial charge in [-0.05, 0) is 31.6 Å². The Balaban J connectivity index is 3.70. The molecule has 68 valence electrons. The fourth-order valence-corrected chi connectivity index (χ4v) is 0.837. The van der Waals surface area contributed by atoms with E-state index >= 15 is 0 Å². The van der Waals surface area contributed by atoms with Crippen molar-refractivity contribution in [1.29, 1.82) is 0 Å². The van der Waals surface area contributed by atoms with Crippen molar-refractivity contribution in [3.8, 4) is 0 Å². The van der Waals surface area contributed by atoms with Gasteiger partial charge in [-0.1, -0.05) is 27.7 Å². The Bertz CT molecular complexity index is 109. The maximum absolute atomic E-state index is 6.02. The molecule has 0 saturated heterocycles. The Hall–Kier alpha value is -0.0400. The van der Waals surface area contributed by atoms with Crippen molar-refractivity contribution in [1.82, 2.24) is 0 Å². The van der Waals surface area contributed by atoms with Crippen LogP contribution in [0.1, 0.15) is 53.9 Å². The van der Waals surface area contributed by atoms with Crippen molar-refractivity contribution in [3.63, 3.8) is 0 Å². The van der Waals surface area contributed by atoms with Crippen molar-refractivity contribution in [2.24, 2.45) is 11.1 Å². The lowest BCUT2D eigenvalue weighted by atomic mass is 9.83. The second kappa shape index (κ2) is 3.57. The van der Waals surface area contributed by atoms with Gasteiger partial charge in [-0.15, -0.1) is 0 Å². The van der Waals surface area contributed by atoms with E-state index in [1.807, 2.05) is 0 Å². The first-order chi connectivity index (χ1) is 4.77. The molecule has 1 atom stereocenters. The summed E-state index contributed by atoms with van der Waals surface area (Å²) in [6, 6.07) is 0. The summed E-state index contributed by atoms with van der Waals surface area (Å²) in [5.41, 5.74) is 6.50. The normalized spacial score (nSPS) is 18.0. The molecule has 1 unspecified atom stereocenters. The molecular weight excluding hydrogens is 134 g/mol. The highest BCUT2D eigenvalue weighted by atomic mass is 14.7. The Morgan fingerprint density at radius 1 is 1.00 bits per heavy atom. The first kappa shape index (κ1) is 11.0. The van der Waals surface area contributed by atoms with Gasteiger partial charge < -0.3 is 5.73 Å². The molecule has 0 aliphatic heterocycles. The molecule has 0 radical (unpaired) electrons. The maximum Gasteiger partial charge on any atom is 0.0123 e. The summed E-state index contributed by atoms with van der Waals surface area (Å²) in [7, 11) is 0. The first-order valence-corrected chi connectivity index (χ1v) is 4.56. The quantitative estimate of drug-likeness (QED) is 0.669. The van der Waals surface area contributed by atoms with Crippen LogP contribution in [-0.4, -0.2) is 5.54 Å². The van der Waals surface area contributed by atoms with E-state index in [-0.39, 0.29) is 5.54 Å². The zero-order valence-corrected chi connectivity index (χ0v) is 8.70. The van der Waals surface area contributed by atoms with Gasteiger partial charge >= 0.3 is 0 Å². The standard InChI is InChI=1S/C10H23N/c1-6-10(5,11)8-7-9(2,3)4/h6-8,11H2,1-5H3. The van der Waals surface area contributed by atoms with Crippen molar-refractivity contribution >= 4 is 0 Å². The molecule has 0 aromatic rings. The topological polar surface area (TPSA) is 26.0 Å². The average molecular weight is 157 g/mol. The Labute approximate surface area is 71.4 Å². The number of rotatable bonds is 3. The molecular formula is C10H23N. The smallest absolute Gasteiger partial charge is 0.0123 e. The molecule has 11 heavy (non-hydrogen) atoms. The molecule has 0 spiro atoms. The van der Waals surface area contributed by atoms with Crippen LogP contribution in [0.4, 0.5) is 0 Å². The predicted octanol–water partition coefficient (Wildman–Crippen LogP) is 2.94. The Kier molecular flexibility index (Phi) is 3.56. The van der Waals surface area contributed by atoms with Crippen LogP contribution in [0, 0.1) is 5.41 Å². The number of nitrogens with two attached hydrogens (primary N) is 1. The van der Waals surface area contributed by atoms with Gasteiger partial charge in [0.05, 0.1) is 0 Å². The number of hydrogen-bond acceptors (Lipinski definition) is 1. The monoisotopic (exact) mass is 157 g/mol. The fourth-order valence-electron chi connectivity index (χ4n) is 0.837. The lowest BCUT2D eigenvalue weighted by molar-refractivity contribution is 0.299. The molecule has 0 aliphatic rings. The lowest BCUT2D eigenvalue weighted by Crippen LogP contribution is -2.36. The average Bonchev–Trinajstić information content (AvgIpc) is 1.83. The van der Waals surface area contributed by atoms with Crippen LogP contribution in [0.15, 0.2) is 0 Å². The van der Waals surface area contributed by atoms with Gasteiger partial charge in [-0.3, -0.25) is 0 Å². The van der Waals surface area contributed by atoms with Crippen LogP contribution in [0.5, 0.6) is 0 Å². The van der Waals surface area contributed by atoms with Gasteiger partial charge in [0.2, 0.25) is 0 Å². The fraction of sp³-hybridized carbons (Fsp3) is 1.00. The van der Waals surface area contributed by atoms with E-state index in [9.17, 15) is 0 Å². The van der Waals surface area contributed by atoms with Crippen LogP contribution >= 0.6 is 0 Å². The van der Waals surface area contributed by atoms with Gasteiger partial charge in [0, 0.05) is 5.54 Å². The van der Waals surface area contributed by atoms with Crippen LogP contribution in [0.3, 0.4) is 0 Å². The molecule has 2 N–H and O–H groups in total. The summed E-state index contributed by atoms with van der Waals surface area (Å²) < 4.78 is 0. The van der Waals surface area contributed by atoms with E-state index < -0.39 is 0 Å².